The molecule has 5 heteroatoms. The fourth-order valence-electron chi connectivity index (χ4n) is 2.65. The molecule has 0 N–H and O–H groups in total. The first kappa shape index (κ1) is 19.3. The monoisotopic (exact) mass is 317 g/mol. The summed E-state index contributed by atoms with van der Waals surface area (Å²) in [7, 11) is -4.42. The summed E-state index contributed by atoms with van der Waals surface area (Å²) in [6.07, 6.45) is 0. The van der Waals surface area contributed by atoms with Gasteiger partial charge in [0.15, 0.2) is 16.6 Å². The molecule has 0 aliphatic rings. The van der Waals surface area contributed by atoms with Crippen LogP contribution in [0.4, 0.5) is 0 Å². The van der Waals surface area contributed by atoms with Gasteiger partial charge < -0.3 is 8.68 Å². The van der Waals surface area contributed by atoms with E-state index in [0.717, 1.165) is 0 Å². The Bertz CT molecular complexity index is 286. The predicted octanol–water partition coefficient (Wildman–Crippen LogP) is 4.69. The Kier molecular flexibility index (Phi) is 7.48. The summed E-state index contributed by atoms with van der Waals surface area (Å²) in [5.41, 5.74) is 2.06. The summed E-state index contributed by atoms with van der Waals surface area (Å²) in [6, 6.07) is 2.64. The molecular formula is C14H35NOSi3. The van der Waals surface area contributed by atoms with Gasteiger partial charge in [-0.1, -0.05) is 32.6 Å². The molecule has 0 aliphatic heterocycles. The predicted molar refractivity (Wildman–Crippen MR) is 96.3 cm³/mol. The van der Waals surface area contributed by atoms with Gasteiger partial charge in [0.1, 0.15) is 8.24 Å². The minimum atomic E-state index is -1.63. The standard InChI is InChI=1S/C14H35NOSi3/c1-10-15(11-2)17(4,5)13-14-19(8,9)16-18(6,7)12-3/h12H,3,10-11,13-14H2,1-2,4-9H3. The van der Waals surface area contributed by atoms with Gasteiger partial charge in [0.05, 0.1) is 0 Å². The third-order valence-electron chi connectivity index (χ3n) is 3.99. The summed E-state index contributed by atoms with van der Waals surface area (Å²) in [5, 5.41) is 0. The molecule has 0 rings (SSSR count). The molecule has 0 aliphatic carbocycles. The van der Waals surface area contributed by atoms with E-state index in [-0.39, 0.29) is 0 Å². The molecule has 0 atom stereocenters. The Morgan fingerprint density at radius 2 is 1.42 bits per heavy atom. The Balaban J connectivity index is 4.56. The van der Waals surface area contributed by atoms with E-state index in [4.69, 9.17) is 4.12 Å². The van der Waals surface area contributed by atoms with Crippen molar-refractivity contribution in [3.05, 3.63) is 12.3 Å². The van der Waals surface area contributed by atoms with Crippen LogP contribution in [0.3, 0.4) is 0 Å². The molecule has 0 spiro atoms. The lowest BCUT2D eigenvalue weighted by molar-refractivity contribution is 0.464. The van der Waals surface area contributed by atoms with Gasteiger partial charge in [-0.25, -0.2) is 0 Å². The van der Waals surface area contributed by atoms with Gasteiger partial charge >= 0.3 is 0 Å². The maximum Gasteiger partial charge on any atom is 0.197 e. The van der Waals surface area contributed by atoms with Crippen molar-refractivity contribution in [1.82, 2.24) is 4.57 Å². The van der Waals surface area contributed by atoms with Gasteiger partial charge in [0.2, 0.25) is 0 Å². The van der Waals surface area contributed by atoms with E-state index in [9.17, 15) is 0 Å². The molecule has 0 fully saturated rings. The second-order valence-electron chi connectivity index (χ2n) is 7.15. The summed E-state index contributed by atoms with van der Waals surface area (Å²) in [6.45, 7) is 25.1. The first-order valence-electron chi connectivity index (χ1n) is 7.58. The largest absolute Gasteiger partial charge is 0.453 e. The molecule has 0 aromatic heterocycles. The van der Waals surface area contributed by atoms with Crippen LogP contribution in [0.25, 0.3) is 0 Å². The zero-order chi connectivity index (χ0) is 15.3. The molecule has 114 valence electrons. The van der Waals surface area contributed by atoms with Gasteiger partial charge in [-0.05, 0) is 51.4 Å². The fourth-order valence-corrected chi connectivity index (χ4v) is 16.0. The molecule has 0 unspecified atom stereocenters. The molecule has 0 radical (unpaired) electrons. The van der Waals surface area contributed by atoms with E-state index in [1.54, 1.807) is 0 Å². The summed E-state index contributed by atoms with van der Waals surface area (Å²) < 4.78 is 9.17. The summed E-state index contributed by atoms with van der Waals surface area (Å²) in [5.74, 6) is 0. The van der Waals surface area contributed by atoms with E-state index in [0.29, 0.717) is 0 Å². The molecule has 0 bridgehead atoms. The van der Waals surface area contributed by atoms with Crippen LogP contribution in [0.1, 0.15) is 13.8 Å². The van der Waals surface area contributed by atoms with Crippen LogP contribution in [0.5, 0.6) is 0 Å². The van der Waals surface area contributed by atoms with E-state index >= 15 is 0 Å². The lowest BCUT2D eigenvalue weighted by Gasteiger charge is -2.39. The summed E-state index contributed by atoms with van der Waals surface area (Å²) in [4.78, 5) is 0. The molecule has 2 nitrogen and oxygen atoms in total. The molecule has 19 heavy (non-hydrogen) atoms. The maximum atomic E-state index is 6.48. The lowest BCUT2D eigenvalue weighted by Crippen LogP contribution is -2.50. The van der Waals surface area contributed by atoms with Crippen molar-refractivity contribution in [2.75, 3.05) is 13.1 Å². The van der Waals surface area contributed by atoms with Crippen molar-refractivity contribution < 1.29 is 4.12 Å². The zero-order valence-corrected chi connectivity index (χ0v) is 17.5. The van der Waals surface area contributed by atoms with Crippen molar-refractivity contribution in [1.29, 1.82) is 0 Å². The van der Waals surface area contributed by atoms with Crippen LogP contribution in [0.15, 0.2) is 12.3 Å². The average Bonchev–Trinajstić information content (AvgIpc) is 2.27. The van der Waals surface area contributed by atoms with Crippen molar-refractivity contribution in [3.63, 3.8) is 0 Å². The lowest BCUT2D eigenvalue weighted by atomic mass is 10.7. The number of hydrogen-bond donors (Lipinski definition) is 0. The van der Waals surface area contributed by atoms with Crippen LogP contribution < -0.4 is 0 Å². The molecule has 0 amide bonds. The third kappa shape index (κ3) is 7.04. The van der Waals surface area contributed by atoms with Crippen molar-refractivity contribution >= 4 is 24.9 Å². The Morgan fingerprint density at radius 1 is 0.947 bits per heavy atom. The van der Waals surface area contributed by atoms with Gasteiger partial charge in [0, 0.05) is 0 Å². The van der Waals surface area contributed by atoms with Crippen LogP contribution in [0, 0.1) is 0 Å². The molecular weight excluding hydrogens is 282 g/mol. The second-order valence-corrected chi connectivity index (χ2v) is 20.4. The maximum absolute atomic E-state index is 6.48. The van der Waals surface area contributed by atoms with Gasteiger partial charge in [-0.3, -0.25) is 0 Å². The van der Waals surface area contributed by atoms with Crippen LogP contribution in [-0.4, -0.2) is 42.5 Å². The quantitative estimate of drug-likeness (QED) is 0.572. The highest BCUT2D eigenvalue weighted by Gasteiger charge is 2.35. The molecule has 0 aromatic rings. The fraction of sp³-hybridized carbons (Fsp3) is 0.857. The highest BCUT2D eigenvalue weighted by atomic mass is 28.4. The van der Waals surface area contributed by atoms with Crippen molar-refractivity contribution in [2.24, 2.45) is 0 Å². The molecule has 0 aromatic carbocycles. The van der Waals surface area contributed by atoms with Crippen molar-refractivity contribution in [2.45, 2.75) is 65.2 Å². The van der Waals surface area contributed by atoms with Crippen LogP contribution in [-0.2, 0) is 4.12 Å². The minimum absolute atomic E-state index is 1.19. The van der Waals surface area contributed by atoms with Gasteiger partial charge in [-0.15, -0.1) is 6.58 Å². The third-order valence-corrected chi connectivity index (χ3v) is 15.1. The smallest absolute Gasteiger partial charge is 0.197 e. The van der Waals surface area contributed by atoms with Crippen LogP contribution in [0.2, 0.25) is 51.4 Å². The Morgan fingerprint density at radius 3 is 1.79 bits per heavy atom. The minimum Gasteiger partial charge on any atom is -0.453 e. The molecule has 0 saturated heterocycles. The SMILES string of the molecule is C=C[Si](C)(C)O[Si](C)(C)CC[Si](C)(C)N(CC)CC. The highest BCUT2D eigenvalue weighted by Crippen LogP contribution is 2.26. The Labute approximate surface area is 124 Å². The van der Waals surface area contributed by atoms with Crippen molar-refractivity contribution in [3.8, 4) is 0 Å². The molecule has 0 heterocycles. The summed E-state index contributed by atoms with van der Waals surface area (Å²) >= 11 is 0. The van der Waals surface area contributed by atoms with E-state index in [1.807, 2.05) is 0 Å². The molecule has 0 saturated carbocycles. The number of nitrogens with zero attached hydrogens (tertiary/aromatic N) is 1. The normalized spacial score (nSPS) is 13.9. The first-order valence-corrected chi connectivity index (χ1v) is 16.8. The highest BCUT2D eigenvalue weighted by molar-refractivity contribution is 6.88. The first-order chi connectivity index (χ1) is 8.49. The van der Waals surface area contributed by atoms with E-state index in [1.165, 1.54) is 25.2 Å². The topological polar surface area (TPSA) is 12.5 Å². The zero-order valence-electron chi connectivity index (χ0n) is 14.5. The second kappa shape index (κ2) is 7.36. The van der Waals surface area contributed by atoms with Gasteiger partial charge in [-0.2, -0.15) is 0 Å². The van der Waals surface area contributed by atoms with E-state index < -0.39 is 24.9 Å². The number of rotatable bonds is 9. The van der Waals surface area contributed by atoms with Gasteiger partial charge in [0.25, 0.3) is 0 Å². The Hall–Kier alpha value is 0.311. The average molecular weight is 318 g/mol. The number of hydrogen-bond acceptors (Lipinski definition) is 2. The van der Waals surface area contributed by atoms with Crippen LogP contribution >= 0.6 is 0 Å². The van der Waals surface area contributed by atoms with E-state index in [2.05, 4.69) is 70.0 Å².